The number of ether oxygens (including phenoxy) is 2. The Morgan fingerprint density at radius 3 is 2.33 bits per heavy atom. The van der Waals surface area contributed by atoms with E-state index in [0.717, 1.165) is 50.4 Å². The number of rotatable bonds is 22. The van der Waals surface area contributed by atoms with Crippen LogP contribution in [0.4, 0.5) is 0 Å². The van der Waals surface area contributed by atoms with Gasteiger partial charge in [0.1, 0.15) is 24.4 Å². The Balaban J connectivity index is 2.56. The first-order valence-corrected chi connectivity index (χ1v) is 21.2. The lowest BCUT2D eigenvalue weighted by Gasteiger charge is -2.41. The molecule has 1 saturated heterocycles. The van der Waals surface area contributed by atoms with Gasteiger partial charge in [0.15, 0.2) is 14.0 Å². The number of nitrogens with one attached hydrogen (secondary N) is 1. The molecule has 2 rings (SSSR count). The molecule has 5 atom stereocenters. The fraction of sp³-hybridized carbons (Fsp3) is 0.722. The highest BCUT2D eigenvalue weighted by Crippen LogP contribution is 2.37. The molecule has 0 spiro atoms. The third kappa shape index (κ3) is 11.6. The van der Waals surface area contributed by atoms with Crippen molar-refractivity contribution in [3.63, 3.8) is 0 Å². The van der Waals surface area contributed by atoms with Crippen LogP contribution in [0.25, 0.3) is 0 Å². The Kier molecular flexibility index (Phi) is 18.3. The zero-order valence-corrected chi connectivity index (χ0v) is 32.6. The predicted molar refractivity (Wildman–Crippen MR) is 196 cm³/mol. The summed E-state index contributed by atoms with van der Waals surface area (Å²) in [7, 11) is -0.187. The van der Waals surface area contributed by atoms with Gasteiger partial charge in [0.05, 0.1) is 18.8 Å². The van der Waals surface area contributed by atoms with Crippen LogP contribution in [0.3, 0.4) is 0 Å². The Morgan fingerprint density at radius 2 is 1.77 bits per heavy atom. The van der Waals surface area contributed by atoms with Crippen molar-refractivity contribution < 1.29 is 28.3 Å². The molecule has 1 aromatic heterocycles. The van der Waals surface area contributed by atoms with Crippen LogP contribution in [-0.4, -0.2) is 92.5 Å². The fourth-order valence-corrected chi connectivity index (χ4v) is 10.0. The van der Waals surface area contributed by atoms with Crippen LogP contribution in [0, 0.1) is 11.8 Å². The normalized spacial score (nSPS) is 18.1. The molecule has 1 N–H and O–H groups in total. The lowest BCUT2D eigenvalue weighted by Crippen LogP contribution is -2.59. The van der Waals surface area contributed by atoms with Crippen molar-refractivity contribution in [3.8, 4) is 0 Å². The molecule has 1 aromatic rings. The number of nitrogens with zero attached hydrogens (tertiary/aromatic N) is 3. The van der Waals surface area contributed by atoms with E-state index in [-0.39, 0.29) is 61.4 Å². The van der Waals surface area contributed by atoms with E-state index >= 15 is 0 Å². The Hall–Kier alpha value is -2.38. The molecule has 1 fully saturated rings. The topological polar surface area (TPSA) is 110 Å². The number of aromatic nitrogens is 1. The smallest absolute Gasteiger partial charge is 0.358 e. The molecular weight excluding hydrogens is 645 g/mol. The Bertz CT molecular complexity index is 1170. The monoisotopic (exact) mass is 706 g/mol. The van der Waals surface area contributed by atoms with Crippen LogP contribution in [0.1, 0.15) is 102 Å². The van der Waals surface area contributed by atoms with Gasteiger partial charge in [-0.1, -0.05) is 80.0 Å². The third-order valence-corrected chi connectivity index (χ3v) is 15.5. The van der Waals surface area contributed by atoms with E-state index in [2.05, 4.69) is 58.0 Å². The molecule has 0 aliphatic carbocycles. The quantitative estimate of drug-likeness (QED) is 0.0453. The summed E-state index contributed by atoms with van der Waals surface area (Å²) in [4.78, 5) is 49.6. The second kappa shape index (κ2) is 21.0. The lowest BCUT2D eigenvalue weighted by atomic mass is 9.92. The van der Waals surface area contributed by atoms with Crippen molar-refractivity contribution in [2.24, 2.45) is 11.8 Å². The molecule has 1 aliphatic rings. The highest BCUT2D eigenvalue weighted by atomic mass is 32.1. The van der Waals surface area contributed by atoms with Crippen LogP contribution >= 0.6 is 11.3 Å². The Morgan fingerprint density at radius 1 is 1.10 bits per heavy atom. The molecule has 0 unspecified atom stereocenters. The molecule has 0 radical (unpaired) electrons. The molecule has 2 heterocycles. The van der Waals surface area contributed by atoms with E-state index < -0.39 is 26.4 Å². The van der Waals surface area contributed by atoms with Crippen LogP contribution in [-0.2, 0) is 23.5 Å². The summed E-state index contributed by atoms with van der Waals surface area (Å²) in [6, 6.07) is 1.52. The van der Waals surface area contributed by atoms with Gasteiger partial charge < -0.3 is 24.1 Å². The van der Waals surface area contributed by atoms with Gasteiger partial charge >= 0.3 is 5.97 Å². The van der Waals surface area contributed by atoms with Gasteiger partial charge in [-0.2, -0.15) is 0 Å². The zero-order valence-electron chi connectivity index (χ0n) is 30.8. The molecule has 272 valence electrons. The first kappa shape index (κ1) is 41.8. The number of likely N-dealkylation sites (tertiary alicyclic amines) is 1. The average molecular weight is 707 g/mol. The van der Waals surface area contributed by atoms with Gasteiger partial charge in [0, 0.05) is 11.4 Å². The van der Waals surface area contributed by atoms with Gasteiger partial charge in [-0.25, -0.2) is 9.78 Å². The highest BCUT2D eigenvalue weighted by molar-refractivity contribution is 7.09. The van der Waals surface area contributed by atoms with Crippen LogP contribution in [0.15, 0.2) is 30.7 Å². The SMILES string of the molecule is C=CCOCN(C(=O)[C@@H](NC(=O)[C@H]1CCCCN1C)[C@@H](C)CC)[C@H](C[C@@H](O[Si](CC)(CC)CC)c1nc(C(=O)OCC=C)cs1)C(C)C. The minimum absolute atomic E-state index is 0.0167. The number of hydrogen-bond donors (Lipinski definition) is 1. The summed E-state index contributed by atoms with van der Waals surface area (Å²) in [5, 5.41) is 5.57. The maximum atomic E-state index is 14.7. The maximum Gasteiger partial charge on any atom is 0.358 e. The number of likely N-dealkylation sites (N-methyl/N-ethyl adjacent to an activating group) is 1. The summed E-state index contributed by atoms with van der Waals surface area (Å²) in [5.41, 5.74) is 0.234. The number of carbonyl (C=O) groups excluding carboxylic acids is 3. The number of carbonyl (C=O) groups is 3. The van der Waals surface area contributed by atoms with E-state index in [0.29, 0.717) is 11.4 Å². The number of hydrogen-bond acceptors (Lipinski definition) is 9. The van der Waals surface area contributed by atoms with Crippen LogP contribution < -0.4 is 5.32 Å². The summed E-state index contributed by atoms with van der Waals surface area (Å²) in [6.45, 7) is 23.5. The largest absolute Gasteiger partial charge is 0.457 e. The molecule has 1 aliphatic heterocycles. The van der Waals surface area contributed by atoms with Crippen LogP contribution in [0.2, 0.25) is 18.1 Å². The van der Waals surface area contributed by atoms with Gasteiger partial charge in [-0.3, -0.25) is 14.5 Å². The second-order valence-corrected chi connectivity index (χ2v) is 18.9. The van der Waals surface area contributed by atoms with E-state index in [4.69, 9.17) is 18.9 Å². The minimum Gasteiger partial charge on any atom is -0.457 e. The van der Waals surface area contributed by atoms with Gasteiger partial charge in [0.2, 0.25) is 11.8 Å². The number of esters is 1. The van der Waals surface area contributed by atoms with Crippen molar-refractivity contribution in [2.45, 2.75) is 123 Å². The molecular formula is C36H62N4O6SSi. The van der Waals surface area contributed by atoms with Gasteiger partial charge in [-0.15, -0.1) is 17.9 Å². The van der Waals surface area contributed by atoms with Crippen molar-refractivity contribution in [2.75, 3.05) is 33.5 Å². The van der Waals surface area contributed by atoms with E-state index in [1.54, 1.807) is 16.4 Å². The van der Waals surface area contributed by atoms with E-state index in [1.165, 1.54) is 17.4 Å². The molecule has 0 aromatic carbocycles. The third-order valence-electron chi connectivity index (χ3n) is 9.89. The number of thiazole rings is 1. The van der Waals surface area contributed by atoms with Gasteiger partial charge in [0.25, 0.3) is 0 Å². The van der Waals surface area contributed by atoms with Crippen molar-refractivity contribution in [1.82, 2.24) is 20.1 Å². The van der Waals surface area contributed by atoms with Crippen molar-refractivity contribution in [3.05, 3.63) is 41.4 Å². The van der Waals surface area contributed by atoms with E-state index in [1.807, 2.05) is 20.9 Å². The minimum atomic E-state index is -2.16. The average Bonchev–Trinajstić information content (AvgIpc) is 3.59. The summed E-state index contributed by atoms with van der Waals surface area (Å²) in [5.74, 6) is -0.862. The number of amides is 2. The first-order valence-electron chi connectivity index (χ1n) is 17.8. The second-order valence-electron chi connectivity index (χ2n) is 13.3. The molecule has 2 amide bonds. The molecule has 0 bridgehead atoms. The van der Waals surface area contributed by atoms with Gasteiger partial charge in [-0.05, 0) is 62.8 Å². The predicted octanol–water partition coefficient (Wildman–Crippen LogP) is 6.97. The Labute approximate surface area is 294 Å². The summed E-state index contributed by atoms with van der Waals surface area (Å²) >= 11 is 1.38. The van der Waals surface area contributed by atoms with E-state index in [9.17, 15) is 14.4 Å². The molecule has 48 heavy (non-hydrogen) atoms. The number of piperidine rings is 1. The summed E-state index contributed by atoms with van der Waals surface area (Å²) < 4.78 is 18.4. The molecule has 0 saturated carbocycles. The lowest BCUT2D eigenvalue weighted by molar-refractivity contribution is -0.148. The van der Waals surface area contributed by atoms with Crippen molar-refractivity contribution >= 4 is 37.4 Å². The first-order chi connectivity index (χ1) is 22.9. The van der Waals surface area contributed by atoms with Crippen molar-refractivity contribution in [1.29, 1.82) is 0 Å². The fourth-order valence-electron chi connectivity index (χ4n) is 6.29. The zero-order chi connectivity index (χ0) is 35.9. The maximum absolute atomic E-state index is 14.7. The van der Waals surface area contributed by atoms with Crippen LogP contribution in [0.5, 0.6) is 0 Å². The standard InChI is InChI=1S/C36H62N4O6SSi/c1-11-21-44-25-40(35(42)32(27(9)13-3)38-33(41)29-19-17-18-20-39(29)10)30(26(7)8)23-31(46-48(14-4,15-5)16-6)34-37-28(24-47-34)36(43)45-22-12-2/h11-12,24,26-27,29-32H,1-2,13-23,25H2,3-10H3,(H,38,41)/t27-,29+,30+,31+,32-/m0/s1. The molecule has 12 heteroatoms. The highest BCUT2D eigenvalue weighted by Gasteiger charge is 2.40. The molecule has 10 nitrogen and oxygen atoms in total. The summed E-state index contributed by atoms with van der Waals surface area (Å²) in [6.07, 6.45) is 6.75.